The van der Waals surface area contributed by atoms with Gasteiger partial charge >= 0.3 is 0 Å². The van der Waals surface area contributed by atoms with E-state index < -0.39 is 0 Å². The Balaban J connectivity index is 1.22. The van der Waals surface area contributed by atoms with E-state index in [1.165, 1.54) is 0 Å². The Morgan fingerprint density at radius 3 is 1.52 bits per heavy atom. The van der Waals surface area contributed by atoms with Gasteiger partial charge in [0.2, 0.25) is 0 Å². The van der Waals surface area contributed by atoms with E-state index >= 15 is 0 Å². The van der Waals surface area contributed by atoms with E-state index in [0.29, 0.717) is 0 Å². The predicted molar refractivity (Wildman–Crippen MR) is 181 cm³/mol. The van der Waals surface area contributed by atoms with Crippen LogP contribution in [0.4, 0.5) is 0 Å². The smallest absolute Gasteiger partial charge is 0.144 e. The second-order valence-corrected chi connectivity index (χ2v) is 11.1. The third-order valence-electron chi connectivity index (χ3n) is 8.48. The molecule has 0 aliphatic heterocycles. The number of nitrogens with zero attached hydrogens (tertiary/aromatic N) is 1. The summed E-state index contributed by atoms with van der Waals surface area (Å²) in [5.41, 5.74) is 11.9. The van der Waals surface area contributed by atoms with E-state index in [2.05, 4.69) is 115 Å². The average molecular weight is 564 g/mol. The van der Waals surface area contributed by atoms with Gasteiger partial charge in [0, 0.05) is 38.2 Å². The van der Waals surface area contributed by atoms with Crippen LogP contribution in [0.5, 0.6) is 0 Å². The quantitative estimate of drug-likeness (QED) is 0.214. The molecule has 0 aliphatic carbocycles. The predicted octanol–water partition coefficient (Wildman–Crippen LogP) is 11.5. The first kappa shape index (κ1) is 24.6. The molecule has 3 heteroatoms. The van der Waals surface area contributed by atoms with Gasteiger partial charge in [0.15, 0.2) is 0 Å². The molecule has 0 saturated heterocycles. The molecule has 6 aromatic carbocycles. The lowest BCUT2D eigenvalue weighted by molar-refractivity contribution is 0.664. The summed E-state index contributed by atoms with van der Waals surface area (Å²) >= 11 is 0. The lowest BCUT2D eigenvalue weighted by atomic mass is 9.95. The molecule has 3 heterocycles. The van der Waals surface area contributed by atoms with Crippen LogP contribution >= 0.6 is 0 Å². The summed E-state index contributed by atoms with van der Waals surface area (Å²) < 4.78 is 13.0. The van der Waals surface area contributed by atoms with Crippen LogP contribution in [0.1, 0.15) is 0 Å². The van der Waals surface area contributed by atoms with E-state index in [9.17, 15) is 0 Å². The van der Waals surface area contributed by atoms with Crippen molar-refractivity contribution in [1.82, 2.24) is 4.98 Å². The Morgan fingerprint density at radius 2 is 0.886 bits per heavy atom. The zero-order chi connectivity index (χ0) is 29.0. The van der Waals surface area contributed by atoms with Gasteiger partial charge in [-0.15, -0.1) is 0 Å². The summed E-state index contributed by atoms with van der Waals surface area (Å²) in [5, 5.41) is 4.38. The van der Waals surface area contributed by atoms with Crippen LogP contribution in [0.2, 0.25) is 0 Å². The van der Waals surface area contributed by atoms with Crippen molar-refractivity contribution in [3.63, 3.8) is 0 Å². The molecule has 0 N–H and O–H groups in total. The number of pyridine rings is 1. The Kier molecular flexibility index (Phi) is 5.50. The minimum absolute atomic E-state index is 0.860. The first-order valence-electron chi connectivity index (χ1n) is 14.8. The molecular formula is C41H25NO2. The average Bonchev–Trinajstić information content (AvgIpc) is 3.67. The Labute approximate surface area is 253 Å². The highest BCUT2D eigenvalue weighted by molar-refractivity contribution is 6.28. The molecule has 3 nitrogen and oxygen atoms in total. The van der Waals surface area contributed by atoms with E-state index in [0.717, 1.165) is 88.6 Å². The molecule has 0 fully saturated rings. The highest BCUT2D eigenvalue weighted by Gasteiger charge is 2.20. The molecule has 9 aromatic rings. The number of hydrogen-bond donors (Lipinski definition) is 0. The molecule has 0 radical (unpaired) electrons. The Hall–Kier alpha value is -5.93. The SMILES string of the molecule is c1ccc(-c2cc(-c3ccc(-c4cc5oc6ccccc6c5c5c4oc4ccccc45)cc3)cc(-c3ccccc3)n2)cc1. The summed E-state index contributed by atoms with van der Waals surface area (Å²) in [4.78, 5) is 5.04. The van der Waals surface area contributed by atoms with Gasteiger partial charge in [0.05, 0.1) is 11.4 Å². The fraction of sp³-hybridized carbons (Fsp3) is 0. The van der Waals surface area contributed by atoms with Gasteiger partial charge in [-0.1, -0.05) is 121 Å². The van der Waals surface area contributed by atoms with Crippen LogP contribution in [-0.4, -0.2) is 4.98 Å². The van der Waals surface area contributed by atoms with Gasteiger partial charge in [-0.25, -0.2) is 4.98 Å². The summed E-state index contributed by atoms with van der Waals surface area (Å²) in [6.07, 6.45) is 0. The third kappa shape index (κ3) is 3.94. The van der Waals surface area contributed by atoms with Gasteiger partial charge in [0.1, 0.15) is 22.3 Å². The molecule has 44 heavy (non-hydrogen) atoms. The van der Waals surface area contributed by atoms with E-state index in [-0.39, 0.29) is 0 Å². The normalized spacial score (nSPS) is 11.6. The Bertz CT molecular complexity index is 2410. The molecule has 0 aliphatic rings. The van der Waals surface area contributed by atoms with Crippen molar-refractivity contribution in [2.75, 3.05) is 0 Å². The zero-order valence-electron chi connectivity index (χ0n) is 23.7. The van der Waals surface area contributed by atoms with Gasteiger partial charge < -0.3 is 8.83 Å². The van der Waals surface area contributed by atoms with Crippen LogP contribution in [0, 0.1) is 0 Å². The van der Waals surface area contributed by atoms with Crippen molar-refractivity contribution < 1.29 is 8.83 Å². The fourth-order valence-corrected chi connectivity index (χ4v) is 6.37. The molecule has 0 bridgehead atoms. The van der Waals surface area contributed by atoms with Crippen molar-refractivity contribution in [3.05, 3.63) is 152 Å². The summed E-state index contributed by atoms with van der Waals surface area (Å²) in [6, 6.07) is 52.4. The minimum atomic E-state index is 0.860. The Morgan fingerprint density at radius 1 is 0.364 bits per heavy atom. The van der Waals surface area contributed by atoms with E-state index in [4.69, 9.17) is 13.8 Å². The first-order valence-corrected chi connectivity index (χ1v) is 14.8. The van der Waals surface area contributed by atoms with Crippen LogP contribution in [-0.2, 0) is 0 Å². The van der Waals surface area contributed by atoms with Crippen LogP contribution < -0.4 is 0 Å². The lowest BCUT2D eigenvalue weighted by Gasteiger charge is -2.11. The third-order valence-corrected chi connectivity index (χ3v) is 8.48. The summed E-state index contributed by atoms with van der Waals surface area (Å²) in [5.74, 6) is 0. The van der Waals surface area contributed by atoms with Crippen LogP contribution in [0.25, 0.3) is 88.6 Å². The van der Waals surface area contributed by atoms with Crippen molar-refractivity contribution in [2.24, 2.45) is 0 Å². The second kappa shape index (κ2) is 9.82. The van der Waals surface area contributed by atoms with Crippen molar-refractivity contribution >= 4 is 43.9 Å². The second-order valence-electron chi connectivity index (χ2n) is 11.1. The molecule has 0 atom stereocenters. The van der Waals surface area contributed by atoms with E-state index in [1.54, 1.807) is 0 Å². The van der Waals surface area contributed by atoms with Gasteiger partial charge in [-0.05, 0) is 47.0 Å². The number of para-hydroxylation sites is 2. The molecule has 3 aromatic heterocycles. The van der Waals surface area contributed by atoms with Crippen molar-refractivity contribution in [3.8, 4) is 44.8 Å². The molecule has 0 amide bonds. The zero-order valence-corrected chi connectivity index (χ0v) is 23.7. The van der Waals surface area contributed by atoms with Gasteiger partial charge in [-0.3, -0.25) is 0 Å². The maximum atomic E-state index is 6.56. The molecule has 0 saturated carbocycles. The molecule has 206 valence electrons. The highest BCUT2D eigenvalue weighted by atomic mass is 16.3. The van der Waals surface area contributed by atoms with Crippen molar-refractivity contribution in [2.45, 2.75) is 0 Å². The van der Waals surface area contributed by atoms with Crippen molar-refractivity contribution in [1.29, 1.82) is 0 Å². The highest BCUT2D eigenvalue weighted by Crippen LogP contribution is 2.44. The molecule has 0 spiro atoms. The summed E-state index contributed by atoms with van der Waals surface area (Å²) in [6.45, 7) is 0. The van der Waals surface area contributed by atoms with Gasteiger partial charge in [0.25, 0.3) is 0 Å². The minimum Gasteiger partial charge on any atom is -0.456 e. The monoisotopic (exact) mass is 563 g/mol. The molecular weight excluding hydrogens is 538 g/mol. The molecule has 0 unspecified atom stereocenters. The van der Waals surface area contributed by atoms with Crippen LogP contribution in [0.3, 0.4) is 0 Å². The lowest BCUT2D eigenvalue weighted by Crippen LogP contribution is -1.91. The topological polar surface area (TPSA) is 39.2 Å². The number of furan rings is 2. The standard InChI is InChI=1S/C41H25NO2/c1-3-11-28(12-4-1)34-23-30(24-35(42-34)29-13-5-2-6-14-29)26-19-21-27(22-20-26)33-25-38-39(31-15-7-9-17-36(31)43-38)40-32-16-8-10-18-37(32)44-41(33)40/h1-25H. The molecule has 9 rings (SSSR count). The number of hydrogen-bond acceptors (Lipinski definition) is 3. The number of fused-ring (bicyclic) bond motifs is 7. The maximum absolute atomic E-state index is 6.56. The number of aromatic nitrogens is 1. The maximum Gasteiger partial charge on any atom is 0.144 e. The largest absolute Gasteiger partial charge is 0.456 e. The number of rotatable bonds is 4. The fourth-order valence-electron chi connectivity index (χ4n) is 6.37. The van der Waals surface area contributed by atoms with E-state index in [1.807, 2.05) is 36.4 Å². The summed E-state index contributed by atoms with van der Waals surface area (Å²) in [7, 11) is 0. The number of benzene rings is 6. The van der Waals surface area contributed by atoms with Crippen LogP contribution in [0.15, 0.2) is 160 Å². The first-order chi connectivity index (χ1) is 21.8. The van der Waals surface area contributed by atoms with Gasteiger partial charge in [-0.2, -0.15) is 0 Å².